The van der Waals surface area contributed by atoms with Gasteiger partial charge in [-0.25, -0.2) is 0 Å². The van der Waals surface area contributed by atoms with E-state index < -0.39 is 0 Å². The molecule has 0 spiro atoms. The Hall–Kier alpha value is -0.990. The Morgan fingerprint density at radius 2 is 1.85 bits per heavy atom. The number of hydrogen-bond acceptors (Lipinski definition) is 2. The van der Waals surface area contributed by atoms with Crippen LogP contribution in [0.2, 0.25) is 0 Å². The first kappa shape index (κ1) is 15.4. The van der Waals surface area contributed by atoms with E-state index in [0.717, 1.165) is 5.75 Å². The third kappa shape index (κ3) is 4.26. The van der Waals surface area contributed by atoms with Gasteiger partial charge < -0.3 is 5.32 Å². The predicted molar refractivity (Wildman–Crippen MR) is 92.6 cm³/mol. The maximum absolute atomic E-state index is 3.45. The molecular weight excluding hydrogens is 262 g/mol. The fourth-order valence-corrected chi connectivity index (χ4v) is 3.60. The lowest BCUT2D eigenvalue weighted by atomic mass is 10.0. The molecule has 1 nitrogen and oxygen atoms in total. The molecule has 0 heterocycles. The van der Waals surface area contributed by atoms with Crippen LogP contribution in [0.1, 0.15) is 37.8 Å². The Balaban J connectivity index is 1.98. The summed E-state index contributed by atoms with van der Waals surface area (Å²) in [4.78, 5) is 0. The van der Waals surface area contributed by atoms with Crippen LogP contribution in [-0.4, -0.2) is 18.6 Å². The van der Waals surface area contributed by atoms with Crippen molar-refractivity contribution < 1.29 is 0 Å². The first-order valence-corrected chi connectivity index (χ1v) is 8.74. The molecule has 20 heavy (non-hydrogen) atoms. The van der Waals surface area contributed by atoms with Crippen LogP contribution in [0.25, 0.3) is 10.8 Å². The summed E-state index contributed by atoms with van der Waals surface area (Å²) >= 11 is 2.06. The van der Waals surface area contributed by atoms with Crippen LogP contribution >= 0.6 is 11.8 Å². The summed E-state index contributed by atoms with van der Waals surface area (Å²) in [6, 6.07) is 15.8. The molecule has 2 rings (SSSR count). The molecule has 0 radical (unpaired) electrons. The summed E-state index contributed by atoms with van der Waals surface area (Å²) in [6.07, 6.45) is 4.00. The third-order valence-corrected chi connectivity index (χ3v) is 4.85. The van der Waals surface area contributed by atoms with E-state index in [-0.39, 0.29) is 0 Å². The summed E-state index contributed by atoms with van der Waals surface area (Å²) < 4.78 is 0. The number of hydrogen-bond donors (Lipinski definition) is 1. The summed E-state index contributed by atoms with van der Waals surface area (Å²) in [5, 5.41) is 6.11. The molecule has 0 saturated heterocycles. The van der Waals surface area contributed by atoms with Gasteiger partial charge in [0.05, 0.1) is 0 Å². The smallest absolute Gasteiger partial charge is 0.0409 e. The van der Waals surface area contributed by atoms with Gasteiger partial charge in [-0.3, -0.25) is 0 Å². The topological polar surface area (TPSA) is 12.0 Å². The zero-order valence-electron chi connectivity index (χ0n) is 12.6. The highest BCUT2D eigenvalue weighted by molar-refractivity contribution is 7.99. The minimum absolute atomic E-state index is 0.450. The molecule has 0 fully saturated rings. The number of nitrogens with one attached hydrogen (secondary N) is 1. The Kier molecular flexibility index (Phi) is 6.41. The van der Waals surface area contributed by atoms with Crippen molar-refractivity contribution in [2.75, 3.05) is 18.6 Å². The summed E-state index contributed by atoms with van der Waals surface area (Å²) in [5.74, 6) is 2.43. The van der Waals surface area contributed by atoms with Gasteiger partial charge in [-0.15, -0.1) is 0 Å². The number of fused-ring (bicyclic) bond motifs is 1. The van der Waals surface area contributed by atoms with Gasteiger partial charge in [0.1, 0.15) is 0 Å². The molecule has 0 aliphatic rings. The van der Waals surface area contributed by atoms with Gasteiger partial charge in [-0.1, -0.05) is 56.2 Å². The van der Waals surface area contributed by atoms with Gasteiger partial charge in [-0.2, -0.15) is 11.8 Å². The second kappa shape index (κ2) is 8.33. The largest absolute Gasteiger partial charge is 0.312 e. The highest BCUT2D eigenvalue weighted by Crippen LogP contribution is 2.23. The fraction of sp³-hybridized carbons (Fsp3) is 0.444. The molecule has 2 aromatic rings. The highest BCUT2D eigenvalue weighted by atomic mass is 32.2. The van der Waals surface area contributed by atoms with E-state index in [1.54, 1.807) is 0 Å². The van der Waals surface area contributed by atoms with Crippen LogP contribution in [0, 0.1) is 0 Å². The molecule has 2 aromatic carbocycles. The van der Waals surface area contributed by atoms with Crippen molar-refractivity contribution in [3.63, 3.8) is 0 Å². The van der Waals surface area contributed by atoms with Crippen molar-refractivity contribution in [2.24, 2.45) is 0 Å². The Bertz CT molecular complexity index is 524. The van der Waals surface area contributed by atoms with Gasteiger partial charge in [0.25, 0.3) is 0 Å². The Morgan fingerprint density at radius 1 is 1.05 bits per heavy atom. The zero-order chi connectivity index (χ0) is 14.2. The van der Waals surface area contributed by atoms with Gasteiger partial charge in [0.15, 0.2) is 0 Å². The normalized spacial score (nSPS) is 12.7. The van der Waals surface area contributed by atoms with E-state index in [4.69, 9.17) is 0 Å². The number of thioether (sulfide) groups is 1. The van der Waals surface area contributed by atoms with E-state index in [1.807, 2.05) is 0 Å². The summed E-state index contributed by atoms with van der Waals surface area (Å²) in [5.41, 5.74) is 1.40. The molecule has 1 N–H and O–H groups in total. The van der Waals surface area contributed by atoms with Crippen LogP contribution in [0.4, 0.5) is 0 Å². The molecule has 0 bridgehead atoms. The van der Waals surface area contributed by atoms with Crippen molar-refractivity contribution in [2.45, 2.75) is 32.2 Å². The van der Waals surface area contributed by atoms with Crippen LogP contribution < -0.4 is 5.32 Å². The summed E-state index contributed by atoms with van der Waals surface area (Å²) in [7, 11) is 2.06. The van der Waals surface area contributed by atoms with E-state index in [1.165, 1.54) is 41.4 Å². The lowest BCUT2D eigenvalue weighted by Gasteiger charge is -2.17. The van der Waals surface area contributed by atoms with Crippen LogP contribution in [0.5, 0.6) is 0 Å². The van der Waals surface area contributed by atoms with Crippen molar-refractivity contribution in [1.29, 1.82) is 0 Å². The second-order valence-electron chi connectivity index (χ2n) is 5.23. The van der Waals surface area contributed by atoms with Crippen LogP contribution in [-0.2, 0) is 0 Å². The zero-order valence-corrected chi connectivity index (χ0v) is 13.4. The van der Waals surface area contributed by atoms with Gasteiger partial charge >= 0.3 is 0 Å². The Morgan fingerprint density at radius 3 is 2.60 bits per heavy atom. The number of unbranched alkanes of at least 4 members (excludes halogenated alkanes) is 2. The van der Waals surface area contributed by atoms with Gasteiger partial charge in [0.2, 0.25) is 0 Å². The van der Waals surface area contributed by atoms with E-state index >= 15 is 0 Å². The number of rotatable bonds is 8. The predicted octanol–water partition coefficient (Wildman–Crippen LogP) is 5.02. The first-order valence-electron chi connectivity index (χ1n) is 7.59. The number of benzene rings is 2. The average molecular weight is 287 g/mol. The first-order chi connectivity index (χ1) is 9.85. The van der Waals surface area contributed by atoms with Crippen molar-refractivity contribution in [3.8, 4) is 0 Å². The van der Waals surface area contributed by atoms with E-state index in [9.17, 15) is 0 Å². The summed E-state index contributed by atoms with van der Waals surface area (Å²) in [6.45, 7) is 2.26. The molecule has 1 atom stereocenters. The van der Waals surface area contributed by atoms with Crippen molar-refractivity contribution in [1.82, 2.24) is 5.32 Å². The molecule has 0 saturated carbocycles. The molecule has 0 amide bonds. The SMILES string of the molecule is CCCCCSCC(NC)c1ccc2ccccc2c1. The van der Waals surface area contributed by atoms with Crippen LogP contribution in [0.15, 0.2) is 42.5 Å². The monoisotopic (exact) mass is 287 g/mol. The maximum Gasteiger partial charge on any atom is 0.0409 e. The third-order valence-electron chi connectivity index (χ3n) is 3.70. The minimum Gasteiger partial charge on any atom is -0.312 e. The van der Waals surface area contributed by atoms with Crippen molar-refractivity contribution >= 4 is 22.5 Å². The highest BCUT2D eigenvalue weighted by Gasteiger charge is 2.09. The van der Waals surface area contributed by atoms with Crippen molar-refractivity contribution in [3.05, 3.63) is 48.0 Å². The maximum atomic E-state index is 3.45. The van der Waals surface area contributed by atoms with Gasteiger partial charge in [-0.05, 0) is 41.6 Å². The van der Waals surface area contributed by atoms with E-state index in [0.29, 0.717) is 6.04 Å². The molecule has 2 heteroatoms. The molecular formula is C18H25NS. The Labute approximate surface area is 127 Å². The second-order valence-corrected chi connectivity index (χ2v) is 6.38. The minimum atomic E-state index is 0.450. The van der Waals surface area contributed by atoms with Crippen LogP contribution in [0.3, 0.4) is 0 Å². The molecule has 1 unspecified atom stereocenters. The van der Waals surface area contributed by atoms with Gasteiger partial charge in [0, 0.05) is 11.8 Å². The van der Waals surface area contributed by atoms with E-state index in [2.05, 4.69) is 73.5 Å². The molecule has 0 aromatic heterocycles. The lowest BCUT2D eigenvalue weighted by Crippen LogP contribution is -2.18. The molecule has 108 valence electrons. The fourth-order valence-electron chi connectivity index (χ4n) is 2.43. The standard InChI is InChI=1S/C18H25NS/c1-3-4-7-12-20-14-18(19-2)17-11-10-15-8-5-6-9-16(15)13-17/h5-6,8-11,13,18-19H,3-4,7,12,14H2,1-2H3. The molecule has 0 aliphatic carbocycles. The quantitative estimate of drug-likeness (QED) is 0.684. The molecule has 0 aliphatic heterocycles. The lowest BCUT2D eigenvalue weighted by molar-refractivity contribution is 0.662. The average Bonchev–Trinajstić information content (AvgIpc) is 2.50.